The Balaban J connectivity index is 1.79. The number of thiophene rings is 1. The van der Waals surface area contributed by atoms with Gasteiger partial charge in [-0.15, -0.1) is 11.3 Å². The molecule has 0 spiro atoms. The summed E-state index contributed by atoms with van der Waals surface area (Å²) in [5, 5.41) is 9.02. The molecule has 112 valence electrons. The Morgan fingerprint density at radius 1 is 1.32 bits per heavy atom. The molecule has 1 fully saturated rings. The van der Waals surface area contributed by atoms with E-state index in [4.69, 9.17) is 9.97 Å². The number of nitrogens with zero attached hydrogens (tertiary/aromatic N) is 3. The molecule has 0 amide bonds. The molecule has 0 aliphatic carbocycles. The molecule has 4 rings (SSSR count). The van der Waals surface area contributed by atoms with Gasteiger partial charge in [0.25, 0.3) is 0 Å². The molecule has 22 heavy (non-hydrogen) atoms. The summed E-state index contributed by atoms with van der Waals surface area (Å²) in [6, 6.07) is 6.47. The summed E-state index contributed by atoms with van der Waals surface area (Å²) < 4.78 is 1.13. The fraction of sp³-hybridized carbons (Fsp3) is 0.312. The molecular weight excluding hydrogens is 294 g/mol. The number of hydrogen-bond donors (Lipinski definition) is 2. The van der Waals surface area contributed by atoms with Crippen molar-refractivity contribution in [2.24, 2.45) is 0 Å². The molecule has 1 aliphatic heterocycles. The zero-order chi connectivity index (χ0) is 14.9. The smallest absolute Gasteiger partial charge is 0.162 e. The minimum absolute atomic E-state index is 0.437. The molecule has 0 bridgehead atoms. The van der Waals surface area contributed by atoms with Crippen LogP contribution in [-0.2, 0) is 0 Å². The van der Waals surface area contributed by atoms with E-state index in [9.17, 15) is 0 Å². The average molecular weight is 311 g/mol. The van der Waals surface area contributed by atoms with Crippen molar-refractivity contribution in [3.8, 4) is 11.4 Å². The second-order valence-electron chi connectivity index (χ2n) is 5.55. The summed E-state index contributed by atoms with van der Waals surface area (Å²) in [5.41, 5.74) is 2.98. The second-order valence-corrected chi connectivity index (χ2v) is 6.47. The van der Waals surface area contributed by atoms with Gasteiger partial charge in [0.15, 0.2) is 5.82 Å². The fourth-order valence-corrected chi connectivity index (χ4v) is 3.53. The van der Waals surface area contributed by atoms with Crippen LogP contribution in [0.25, 0.3) is 21.6 Å². The van der Waals surface area contributed by atoms with Crippen LogP contribution < -0.4 is 10.6 Å². The van der Waals surface area contributed by atoms with E-state index >= 15 is 0 Å². The zero-order valence-electron chi connectivity index (χ0n) is 12.3. The minimum Gasteiger partial charge on any atom is -0.365 e. The highest BCUT2D eigenvalue weighted by Crippen LogP contribution is 2.29. The van der Waals surface area contributed by atoms with Crippen molar-refractivity contribution in [3.05, 3.63) is 35.5 Å². The normalized spacial score (nSPS) is 18.0. The molecule has 0 radical (unpaired) electrons. The molecule has 0 saturated carbocycles. The highest BCUT2D eigenvalue weighted by Gasteiger charge is 2.17. The Morgan fingerprint density at radius 2 is 2.27 bits per heavy atom. The quantitative estimate of drug-likeness (QED) is 0.779. The first-order valence-electron chi connectivity index (χ1n) is 7.45. The van der Waals surface area contributed by atoms with E-state index in [-0.39, 0.29) is 0 Å². The molecule has 2 N–H and O–H groups in total. The van der Waals surface area contributed by atoms with Gasteiger partial charge in [-0.1, -0.05) is 0 Å². The number of hydrogen-bond acceptors (Lipinski definition) is 6. The van der Waals surface area contributed by atoms with E-state index in [1.54, 1.807) is 17.5 Å². The SMILES string of the molecule is Cc1cc(-c2nc(N[C@@H]3CCNC3)c3sccc3n2)ccn1. The predicted octanol–water partition coefficient (Wildman–Crippen LogP) is 2.84. The van der Waals surface area contributed by atoms with Crippen molar-refractivity contribution < 1.29 is 0 Å². The number of aryl methyl sites for hydroxylation is 1. The lowest BCUT2D eigenvalue weighted by Gasteiger charge is -2.13. The van der Waals surface area contributed by atoms with Crippen molar-refractivity contribution >= 4 is 27.4 Å². The Morgan fingerprint density at radius 3 is 3.09 bits per heavy atom. The van der Waals surface area contributed by atoms with Gasteiger partial charge < -0.3 is 10.6 Å². The summed E-state index contributed by atoms with van der Waals surface area (Å²) >= 11 is 1.68. The Bertz CT molecular complexity index is 807. The molecule has 3 aromatic heterocycles. The minimum atomic E-state index is 0.437. The summed E-state index contributed by atoms with van der Waals surface area (Å²) in [5.74, 6) is 1.70. The standard InChI is InChI=1S/C16H17N5S/c1-10-8-11(2-6-18-10)15-20-13-4-7-22-14(13)16(21-15)19-12-3-5-17-9-12/h2,4,6-8,12,17H,3,5,9H2,1H3,(H,19,20,21)/t12-/m1/s1. The first kappa shape index (κ1) is 13.6. The molecule has 0 unspecified atom stereocenters. The Kier molecular flexibility index (Phi) is 3.48. The maximum Gasteiger partial charge on any atom is 0.162 e. The Hall–Kier alpha value is -2.05. The maximum absolute atomic E-state index is 4.78. The highest BCUT2D eigenvalue weighted by molar-refractivity contribution is 7.17. The summed E-state index contributed by atoms with van der Waals surface area (Å²) in [6.45, 7) is 4.03. The number of nitrogens with one attached hydrogen (secondary N) is 2. The van der Waals surface area contributed by atoms with E-state index in [1.807, 2.05) is 19.1 Å². The number of pyridine rings is 1. The third-order valence-electron chi connectivity index (χ3n) is 3.86. The van der Waals surface area contributed by atoms with Crippen LogP contribution in [0.3, 0.4) is 0 Å². The molecule has 1 atom stereocenters. The van der Waals surface area contributed by atoms with Crippen LogP contribution in [0.5, 0.6) is 0 Å². The van der Waals surface area contributed by atoms with Crippen LogP contribution in [0, 0.1) is 6.92 Å². The van der Waals surface area contributed by atoms with Crippen molar-refractivity contribution in [3.63, 3.8) is 0 Å². The van der Waals surface area contributed by atoms with Gasteiger partial charge in [-0.2, -0.15) is 0 Å². The fourth-order valence-electron chi connectivity index (χ4n) is 2.75. The number of aromatic nitrogens is 3. The molecule has 3 aromatic rings. The van der Waals surface area contributed by atoms with Crippen molar-refractivity contribution in [2.45, 2.75) is 19.4 Å². The molecule has 4 heterocycles. The molecule has 1 saturated heterocycles. The van der Waals surface area contributed by atoms with Crippen molar-refractivity contribution in [1.29, 1.82) is 0 Å². The van der Waals surface area contributed by atoms with Gasteiger partial charge in [0.05, 0.1) is 10.2 Å². The lowest BCUT2D eigenvalue weighted by molar-refractivity contribution is 0.789. The van der Waals surface area contributed by atoms with Crippen LogP contribution in [0.2, 0.25) is 0 Å². The highest BCUT2D eigenvalue weighted by atomic mass is 32.1. The van der Waals surface area contributed by atoms with E-state index in [1.165, 1.54) is 0 Å². The van der Waals surface area contributed by atoms with Gasteiger partial charge in [0.2, 0.25) is 0 Å². The first-order chi connectivity index (χ1) is 10.8. The summed E-state index contributed by atoms with van der Waals surface area (Å²) in [6.07, 6.45) is 2.93. The monoisotopic (exact) mass is 311 g/mol. The predicted molar refractivity (Wildman–Crippen MR) is 90.3 cm³/mol. The maximum atomic E-state index is 4.78. The Labute approximate surface area is 132 Å². The van der Waals surface area contributed by atoms with Crippen LogP contribution in [0.4, 0.5) is 5.82 Å². The largest absolute Gasteiger partial charge is 0.365 e. The van der Waals surface area contributed by atoms with Gasteiger partial charge in [0, 0.05) is 30.0 Å². The van der Waals surface area contributed by atoms with Crippen molar-refractivity contribution in [2.75, 3.05) is 18.4 Å². The summed E-state index contributed by atoms with van der Waals surface area (Å²) in [7, 11) is 0. The van der Waals surface area contributed by atoms with E-state index < -0.39 is 0 Å². The lowest BCUT2D eigenvalue weighted by atomic mass is 10.2. The van der Waals surface area contributed by atoms with Crippen LogP contribution in [0.1, 0.15) is 12.1 Å². The second kappa shape index (κ2) is 5.62. The average Bonchev–Trinajstić information content (AvgIpc) is 3.18. The number of rotatable bonds is 3. The molecule has 0 aromatic carbocycles. The van der Waals surface area contributed by atoms with Crippen LogP contribution in [0.15, 0.2) is 29.8 Å². The third kappa shape index (κ3) is 2.55. The first-order valence-corrected chi connectivity index (χ1v) is 8.33. The zero-order valence-corrected chi connectivity index (χ0v) is 13.2. The molecular formula is C16H17N5S. The van der Waals surface area contributed by atoms with Gasteiger partial charge in [-0.05, 0) is 43.5 Å². The molecule has 5 nitrogen and oxygen atoms in total. The van der Waals surface area contributed by atoms with E-state index in [0.717, 1.165) is 52.6 Å². The van der Waals surface area contributed by atoms with Crippen LogP contribution >= 0.6 is 11.3 Å². The lowest BCUT2D eigenvalue weighted by Crippen LogP contribution is -2.22. The van der Waals surface area contributed by atoms with E-state index in [0.29, 0.717) is 6.04 Å². The number of anilines is 1. The van der Waals surface area contributed by atoms with Crippen molar-refractivity contribution in [1.82, 2.24) is 20.3 Å². The number of fused-ring (bicyclic) bond motifs is 1. The van der Waals surface area contributed by atoms with Crippen LogP contribution in [-0.4, -0.2) is 34.1 Å². The van der Waals surface area contributed by atoms with Gasteiger partial charge in [0.1, 0.15) is 5.82 Å². The topological polar surface area (TPSA) is 62.7 Å². The van der Waals surface area contributed by atoms with Gasteiger partial charge in [-0.3, -0.25) is 4.98 Å². The third-order valence-corrected chi connectivity index (χ3v) is 4.77. The van der Waals surface area contributed by atoms with Gasteiger partial charge in [-0.25, -0.2) is 9.97 Å². The van der Waals surface area contributed by atoms with Gasteiger partial charge >= 0.3 is 0 Å². The van der Waals surface area contributed by atoms with E-state index in [2.05, 4.69) is 27.1 Å². The molecule has 6 heteroatoms. The molecule has 1 aliphatic rings. The summed E-state index contributed by atoms with van der Waals surface area (Å²) in [4.78, 5) is 13.7.